The average molecular weight is 185 g/mol. The van der Waals surface area contributed by atoms with Crippen LogP contribution in [-0.2, 0) is 0 Å². The predicted octanol–water partition coefficient (Wildman–Crippen LogP) is 3.67. The lowest BCUT2D eigenvalue weighted by molar-refractivity contribution is 1.35. The molecule has 0 N–H and O–H groups in total. The van der Waals surface area contributed by atoms with Crippen molar-refractivity contribution in [2.24, 2.45) is 0 Å². The molecule has 0 saturated carbocycles. The van der Waals surface area contributed by atoms with Gasteiger partial charge < -0.3 is 0 Å². The van der Waals surface area contributed by atoms with E-state index < -0.39 is 0 Å². The molecule has 0 aliphatic heterocycles. The third-order valence-electron chi connectivity index (χ3n) is 2.23. The molecule has 0 saturated heterocycles. The number of aromatic nitrogens is 1. The van der Waals surface area contributed by atoms with Crippen molar-refractivity contribution in [1.29, 1.82) is 0 Å². The number of hydrogen-bond acceptors (Lipinski definition) is 0. The molecule has 1 aromatic carbocycles. The Balaban J connectivity index is 2.64. The maximum absolute atomic E-state index is 2.25. The van der Waals surface area contributed by atoms with Crippen LogP contribution in [-0.4, -0.2) is 4.16 Å². The van der Waals surface area contributed by atoms with E-state index in [1.165, 1.54) is 24.4 Å². The minimum absolute atomic E-state index is 1.27. The Bertz CT molecular complexity index is 518. The van der Waals surface area contributed by atoms with E-state index in [4.69, 9.17) is 0 Å². The van der Waals surface area contributed by atoms with Gasteiger partial charge in [0.2, 0.25) is 0 Å². The molecule has 0 unspecified atom stereocenters. The monoisotopic (exact) mass is 185 g/mol. The molecular formula is C11H8NP. The lowest BCUT2D eigenvalue weighted by Crippen LogP contribution is -1.73. The summed E-state index contributed by atoms with van der Waals surface area (Å²) in [7, 11) is 1.27. The first-order valence-corrected chi connectivity index (χ1v) is 5.12. The van der Waals surface area contributed by atoms with E-state index in [0.717, 1.165) is 0 Å². The Morgan fingerprint density at radius 2 is 1.77 bits per heavy atom. The van der Waals surface area contributed by atoms with Crippen molar-refractivity contribution in [2.75, 3.05) is 0 Å². The summed E-state index contributed by atoms with van der Waals surface area (Å²) in [6.45, 7) is 0. The molecule has 1 nitrogen and oxygen atoms in total. The Morgan fingerprint density at radius 1 is 0.923 bits per heavy atom. The third-order valence-corrected chi connectivity index (χ3v) is 3.40. The third kappa shape index (κ3) is 0.976. The average Bonchev–Trinajstić information content (AvgIpc) is 2.56. The second kappa shape index (κ2) is 2.58. The quantitative estimate of drug-likeness (QED) is 0.503. The maximum Gasteiger partial charge on any atom is 0.0572 e. The normalized spacial score (nSPS) is 11.7. The van der Waals surface area contributed by atoms with Gasteiger partial charge in [0, 0.05) is 25.1 Å². The molecule has 2 aromatic heterocycles. The number of rotatable bonds is 0. The zero-order valence-electron chi connectivity index (χ0n) is 7.01. The number of pyridine rings is 1. The minimum atomic E-state index is 1.27. The van der Waals surface area contributed by atoms with E-state index in [9.17, 15) is 0 Å². The molecular weight excluding hydrogens is 177 g/mol. The van der Waals surface area contributed by atoms with E-state index in [0.29, 0.717) is 0 Å². The summed E-state index contributed by atoms with van der Waals surface area (Å²) in [6, 6.07) is 14.9. The molecule has 13 heavy (non-hydrogen) atoms. The summed E-state index contributed by atoms with van der Waals surface area (Å²) >= 11 is 0. The topological polar surface area (TPSA) is 4.41 Å². The van der Waals surface area contributed by atoms with Gasteiger partial charge in [-0.2, -0.15) is 0 Å². The Kier molecular flexibility index (Phi) is 1.41. The fourth-order valence-electron chi connectivity index (χ4n) is 1.63. The second-order valence-electron chi connectivity index (χ2n) is 3.05. The number of nitrogens with zero attached hydrogens (tertiary/aromatic N) is 1. The van der Waals surface area contributed by atoms with E-state index >= 15 is 0 Å². The molecule has 0 amide bonds. The Hall–Kier alpha value is -1.33. The van der Waals surface area contributed by atoms with Crippen molar-refractivity contribution < 1.29 is 0 Å². The zero-order chi connectivity index (χ0) is 8.67. The van der Waals surface area contributed by atoms with Crippen LogP contribution in [0.3, 0.4) is 0 Å². The molecule has 0 spiro atoms. The van der Waals surface area contributed by atoms with Gasteiger partial charge in [-0.1, -0.05) is 24.3 Å². The summed E-state index contributed by atoms with van der Waals surface area (Å²) in [4.78, 5) is 0. The van der Waals surface area contributed by atoms with Crippen LogP contribution in [0, 0.1) is 0 Å². The van der Waals surface area contributed by atoms with E-state index in [1.54, 1.807) is 0 Å². The van der Waals surface area contributed by atoms with Gasteiger partial charge in [-0.15, -0.1) is 0 Å². The van der Waals surface area contributed by atoms with Crippen LogP contribution in [0.2, 0.25) is 0 Å². The summed E-state index contributed by atoms with van der Waals surface area (Å²) in [5.41, 5.74) is 1.32. The lowest BCUT2D eigenvalue weighted by atomic mass is 10.2. The molecule has 0 radical (unpaired) electrons. The largest absolute Gasteiger partial charge is 0.299 e. The highest BCUT2D eigenvalue weighted by Gasteiger charge is 1.99. The van der Waals surface area contributed by atoms with Gasteiger partial charge in [0.15, 0.2) is 0 Å². The molecule has 0 aliphatic carbocycles. The zero-order valence-corrected chi connectivity index (χ0v) is 7.91. The highest BCUT2D eigenvalue weighted by atomic mass is 31.0. The highest BCUT2D eigenvalue weighted by Crippen LogP contribution is 2.29. The number of fused-ring (bicyclic) bond motifs is 3. The van der Waals surface area contributed by atoms with Crippen molar-refractivity contribution in [3.05, 3.63) is 48.7 Å². The first kappa shape index (κ1) is 7.11. The summed E-state index contributed by atoms with van der Waals surface area (Å²) in [6.07, 6.45) is 2.12. The van der Waals surface area contributed by atoms with Gasteiger partial charge in [-0.05, 0) is 18.2 Å². The second-order valence-corrected chi connectivity index (χ2v) is 4.16. The standard InChI is InChI=1S/C11H8NP/c1-2-7-11-9(5-1)10-6-3-4-8-12(10)13-11/h1-8H. The maximum atomic E-state index is 2.25. The van der Waals surface area contributed by atoms with E-state index in [2.05, 4.69) is 52.8 Å². The van der Waals surface area contributed by atoms with Gasteiger partial charge in [-0.3, -0.25) is 4.16 Å². The lowest BCUT2D eigenvalue weighted by Gasteiger charge is -1.90. The molecule has 0 aliphatic rings. The van der Waals surface area contributed by atoms with E-state index in [1.807, 2.05) is 0 Å². The van der Waals surface area contributed by atoms with Crippen LogP contribution in [0.15, 0.2) is 48.7 Å². The van der Waals surface area contributed by atoms with Gasteiger partial charge in [0.25, 0.3) is 0 Å². The van der Waals surface area contributed by atoms with Crippen molar-refractivity contribution in [2.45, 2.75) is 0 Å². The van der Waals surface area contributed by atoms with Crippen LogP contribution < -0.4 is 0 Å². The molecule has 2 heterocycles. The van der Waals surface area contributed by atoms with Crippen LogP contribution >= 0.6 is 8.35 Å². The smallest absolute Gasteiger partial charge is 0.0572 e. The Labute approximate surface area is 77.8 Å². The molecule has 0 fully saturated rings. The first-order valence-electron chi connectivity index (χ1n) is 4.27. The van der Waals surface area contributed by atoms with Crippen LogP contribution in [0.1, 0.15) is 0 Å². The molecule has 62 valence electrons. The summed E-state index contributed by atoms with van der Waals surface area (Å²) in [5, 5.41) is 2.76. The fourth-order valence-corrected chi connectivity index (χ4v) is 2.74. The van der Waals surface area contributed by atoms with Crippen LogP contribution in [0.5, 0.6) is 0 Å². The summed E-state index contributed by atoms with van der Waals surface area (Å²) < 4.78 is 2.25. The van der Waals surface area contributed by atoms with Crippen molar-refractivity contribution in [3.8, 4) is 0 Å². The highest BCUT2D eigenvalue weighted by molar-refractivity contribution is 7.33. The molecule has 3 aromatic rings. The molecule has 0 atom stereocenters. The SMILES string of the molecule is c1ccc2c(c1)pn1ccccc21. The Morgan fingerprint density at radius 3 is 2.77 bits per heavy atom. The number of benzene rings is 1. The van der Waals surface area contributed by atoms with E-state index in [-0.39, 0.29) is 0 Å². The van der Waals surface area contributed by atoms with Gasteiger partial charge >= 0.3 is 0 Å². The van der Waals surface area contributed by atoms with Crippen molar-refractivity contribution in [3.63, 3.8) is 0 Å². The van der Waals surface area contributed by atoms with Crippen LogP contribution in [0.4, 0.5) is 0 Å². The van der Waals surface area contributed by atoms with Crippen molar-refractivity contribution >= 4 is 24.4 Å². The van der Waals surface area contributed by atoms with Crippen molar-refractivity contribution in [1.82, 2.24) is 4.16 Å². The minimum Gasteiger partial charge on any atom is -0.299 e. The molecule has 2 heteroatoms. The van der Waals surface area contributed by atoms with Gasteiger partial charge in [-0.25, -0.2) is 0 Å². The summed E-state index contributed by atoms with van der Waals surface area (Å²) in [5.74, 6) is 0. The first-order chi connectivity index (χ1) is 6.45. The van der Waals surface area contributed by atoms with Crippen LogP contribution in [0.25, 0.3) is 16.0 Å². The predicted molar refractivity (Wildman–Crippen MR) is 57.4 cm³/mol. The number of hydrogen-bond donors (Lipinski definition) is 0. The van der Waals surface area contributed by atoms with Gasteiger partial charge in [0.05, 0.1) is 5.52 Å². The molecule has 0 bridgehead atoms. The molecule has 3 rings (SSSR count). The fraction of sp³-hybridized carbons (Fsp3) is 0. The van der Waals surface area contributed by atoms with Gasteiger partial charge in [0.1, 0.15) is 0 Å².